The molecule has 0 bridgehead atoms. The molecule has 0 radical (unpaired) electrons. The normalized spacial score (nSPS) is 9.90. The third-order valence-corrected chi connectivity index (χ3v) is 2.99. The predicted molar refractivity (Wildman–Crippen MR) is 45.8 cm³/mol. The summed E-state index contributed by atoms with van der Waals surface area (Å²) in [6, 6.07) is 3.99. The van der Waals surface area contributed by atoms with Crippen LogP contribution in [0.2, 0.25) is 0 Å². The van der Waals surface area contributed by atoms with Crippen LogP contribution >= 0.6 is 0 Å². The van der Waals surface area contributed by atoms with Gasteiger partial charge in [0.25, 0.3) is 0 Å². The number of phenols is 1. The molecular formula is C8H11AsO. The van der Waals surface area contributed by atoms with Crippen molar-refractivity contribution in [3.8, 4) is 5.75 Å². The van der Waals surface area contributed by atoms with Crippen molar-refractivity contribution in [1.82, 2.24) is 0 Å². The molecule has 1 aromatic rings. The number of hydrogen-bond acceptors (Lipinski definition) is 1. The van der Waals surface area contributed by atoms with Gasteiger partial charge >= 0.3 is 69.2 Å². The molecular weight excluding hydrogens is 187 g/mol. The third kappa shape index (κ3) is 1.19. The molecule has 0 aliphatic carbocycles. The SMILES string of the molecule is Cc1ccc([AsH2])c(C)c1O. The van der Waals surface area contributed by atoms with Crippen LogP contribution in [0, 0.1) is 13.8 Å². The molecule has 0 fully saturated rings. The van der Waals surface area contributed by atoms with E-state index in [0.29, 0.717) is 5.75 Å². The average molecular weight is 198 g/mol. The number of rotatable bonds is 0. The van der Waals surface area contributed by atoms with Crippen LogP contribution in [-0.4, -0.2) is 22.0 Å². The molecule has 0 spiro atoms. The molecule has 0 aliphatic rings. The first-order valence-electron chi connectivity index (χ1n) is 3.17. The molecule has 0 heterocycles. The first-order chi connectivity index (χ1) is 4.63. The standard InChI is InChI=1S/C8H11AsO/c1-5-3-4-7(9)6(2)8(5)10/h3-4,10H,9H2,1-2H3. The van der Waals surface area contributed by atoms with Crippen molar-refractivity contribution >= 4 is 21.2 Å². The molecule has 10 heavy (non-hydrogen) atoms. The summed E-state index contributed by atoms with van der Waals surface area (Å²) in [5.74, 6) is 0.446. The monoisotopic (exact) mass is 198 g/mol. The summed E-state index contributed by atoms with van der Waals surface area (Å²) in [4.78, 5) is 0. The fourth-order valence-corrected chi connectivity index (χ4v) is 1.34. The second-order valence-corrected chi connectivity index (χ2v) is 3.75. The Balaban J connectivity index is 3.34. The van der Waals surface area contributed by atoms with Crippen LogP contribution in [0.15, 0.2) is 12.1 Å². The van der Waals surface area contributed by atoms with Crippen LogP contribution in [0.5, 0.6) is 5.75 Å². The molecule has 1 unspecified atom stereocenters. The second kappa shape index (κ2) is 2.67. The van der Waals surface area contributed by atoms with Gasteiger partial charge in [0.1, 0.15) is 0 Å². The Morgan fingerprint density at radius 1 is 1.30 bits per heavy atom. The molecule has 1 atom stereocenters. The fourth-order valence-electron chi connectivity index (χ4n) is 0.851. The van der Waals surface area contributed by atoms with Gasteiger partial charge in [-0.2, -0.15) is 0 Å². The van der Waals surface area contributed by atoms with Crippen LogP contribution in [0.1, 0.15) is 11.1 Å². The molecule has 0 amide bonds. The molecule has 2 heteroatoms. The van der Waals surface area contributed by atoms with E-state index in [-0.39, 0.29) is 0 Å². The van der Waals surface area contributed by atoms with Crippen molar-refractivity contribution in [2.24, 2.45) is 0 Å². The van der Waals surface area contributed by atoms with Gasteiger partial charge in [0, 0.05) is 0 Å². The Labute approximate surface area is 69.6 Å². The fraction of sp³-hybridized carbons (Fsp3) is 0.250. The summed E-state index contributed by atoms with van der Waals surface area (Å²) in [6.07, 6.45) is 0. The van der Waals surface area contributed by atoms with E-state index < -0.39 is 0 Å². The maximum atomic E-state index is 9.40. The van der Waals surface area contributed by atoms with Crippen molar-refractivity contribution in [3.63, 3.8) is 0 Å². The van der Waals surface area contributed by atoms with Crippen LogP contribution in [-0.2, 0) is 0 Å². The molecule has 1 rings (SSSR count). The van der Waals surface area contributed by atoms with Gasteiger partial charge in [-0.3, -0.25) is 0 Å². The zero-order valence-electron chi connectivity index (χ0n) is 6.18. The van der Waals surface area contributed by atoms with E-state index in [2.05, 4.69) is 0 Å². The summed E-state index contributed by atoms with van der Waals surface area (Å²) in [7, 11) is 0. The summed E-state index contributed by atoms with van der Waals surface area (Å²) >= 11 is 1.55. The number of aryl methyl sites for hydroxylation is 1. The van der Waals surface area contributed by atoms with E-state index in [9.17, 15) is 5.11 Å². The van der Waals surface area contributed by atoms with Gasteiger partial charge in [-0.25, -0.2) is 0 Å². The first kappa shape index (κ1) is 7.68. The van der Waals surface area contributed by atoms with Crippen molar-refractivity contribution in [1.29, 1.82) is 0 Å². The Morgan fingerprint density at radius 3 is 2.40 bits per heavy atom. The van der Waals surface area contributed by atoms with Gasteiger partial charge in [-0.05, 0) is 0 Å². The van der Waals surface area contributed by atoms with Gasteiger partial charge in [0.2, 0.25) is 0 Å². The number of benzene rings is 1. The summed E-state index contributed by atoms with van der Waals surface area (Å²) in [5, 5.41) is 9.40. The van der Waals surface area contributed by atoms with Crippen LogP contribution in [0.3, 0.4) is 0 Å². The molecule has 1 nitrogen and oxygen atoms in total. The second-order valence-electron chi connectivity index (χ2n) is 2.45. The Hall–Kier alpha value is -0.422. The van der Waals surface area contributed by atoms with E-state index in [1.807, 2.05) is 26.0 Å². The molecule has 0 saturated carbocycles. The van der Waals surface area contributed by atoms with Gasteiger partial charge in [0.05, 0.1) is 0 Å². The molecule has 0 saturated heterocycles. The summed E-state index contributed by atoms with van der Waals surface area (Å²) in [5.41, 5.74) is 1.97. The minimum atomic E-state index is 0.446. The van der Waals surface area contributed by atoms with Crippen molar-refractivity contribution in [2.75, 3.05) is 0 Å². The summed E-state index contributed by atoms with van der Waals surface area (Å²) < 4.78 is 1.20. The number of aromatic hydroxyl groups is 1. The molecule has 1 N–H and O–H groups in total. The average Bonchev–Trinajstić information content (AvgIpc) is 1.93. The molecule has 1 aromatic carbocycles. The van der Waals surface area contributed by atoms with E-state index in [4.69, 9.17) is 0 Å². The van der Waals surface area contributed by atoms with Crippen molar-refractivity contribution in [2.45, 2.75) is 13.8 Å². The van der Waals surface area contributed by atoms with Crippen LogP contribution in [0.25, 0.3) is 0 Å². The van der Waals surface area contributed by atoms with Crippen molar-refractivity contribution in [3.05, 3.63) is 23.3 Å². The van der Waals surface area contributed by atoms with E-state index in [1.54, 1.807) is 16.9 Å². The van der Waals surface area contributed by atoms with E-state index in [0.717, 1.165) is 11.1 Å². The number of hydrogen-bond donors (Lipinski definition) is 1. The Kier molecular flexibility index (Phi) is 2.05. The minimum absolute atomic E-state index is 0.446. The molecule has 0 aromatic heterocycles. The quantitative estimate of drug-likeness (QED) is 0.593. The van der Waals surface area contributed by atoms with Gasteiger partial charge < -0.3 is 0 Å². The zero-order valence-corrected chi connectivity index (χ0v) is 8.60. The topological polar surface area (TPSA) is 20.2 Å². The Morgan fingerprint density at radius 2 is 1.90 bits per heavy atom. The zero-order chi connectivity index (χ0) is 7.72. The van der Waals surface area contributed by atoms with E-state index >= 15 is 0 Å². The first-order valence-corrected chi connectivity index (χ1v) is 4.38. The molecule has 54 valence electrons. The predicted octanol–water partition coefficient (Wildman–Crippen LogP) is 0.267. The van der Waals surface area contributed by atoms with Gasteiger partial charge in [0.15, 0.2) is 0 Å². The molecule has 0 aliphatic heterocycles. The van der Waals surface area contributed by atoms with E-state index in [1.165, 1.54) is 4.35 Å². The van der Waals surface area contributed by atoms with Gasteiger partial charge in [-0.15, -0.1) is 0 Å². The van der Waals surface area contributed by atoms with Crippen molar-refractivity contribution < 1.29 is 5.11 Å². The third-order valence-electron chi connectivity index (χ3n) is 1.67. The number of phenolic OH excluding ortho intramolecular Hbond substituents is 1. The summed E-state index contributed by atoms with van der Waals surface area (Å²) in [6.45, 7) is 3.86. The van der Waals surface area contributed by atoms with Gasteiger partial charge in [-0.1, -0.05) is 0 Å². The van der Waals surface area contributed by atoms with Crippen LogP contribution in [0.4, 0.5) is 0 Å². The maximum absolute atomic E-state index is 9.40. The Bertz CT molecular complexity index is 229. The van der Waals surface area contributed by atoms with Crippen LogP contribution < -0.4 is 4.35 Å².